The molecule has 6 heteroatoms. The van der Waals surface area contributed by atoms with Crippen molar-refractivity contribution in [3.8, 4) is 0 Å². The van der Waals surface area contributed by atoms with Crippen molar-refractivity contribution in [1.29, 1.82) is 0 Å². The van der Waals surface area contributed by atoms with Crippen molar-refractivity contribution in [1.82, 2.24) is 9.80 Å². The molecule has 6 nitrogen and oxygen atoms in total. The van der Waals surface area contributed by atoms with Gasteiger partial charge in [-0.25, -0.2) is 0 Å². The maximum Gasteiger partial charge on any atom is 0.308 e. The summed E-state index contributed by atoms with van der Waals surface area (Å²) in [6.07, 6.45) is -0.00341. The van der Waals surface area contributed by atoms with Crippen LogP contribution in [-0.2, 0) is 9.59 Å². The first-order valence-corrected chi connectivity index (χ1v) is 7.53. The van der Waals surface area contributed by atoms with Crippen molar-refractivity contribution in [2.45, 2.75) is 6.42 Å². The number of carboxylic acids is 1. The normalized spacial score (nSPS) is 17.9. The third kappa shape index (κ3) is 5.13. The van der Waals surface area contributed by atoms with Crippen molar-refractivity contribution in [2.75, 3.05) is 45.1 Å². The molecule has 1 fully saturated rings. The van der Waals surface area contributed by atoms with E-state index in [0.29, 0.717) is 12.2 Å². The van der Waals surface area contributed by atoms with Crippen LogP contribution >= 0.6 is 0 Å². The largest absolute Gasteiger partial charge is 0.481 e. The summed E-state index contributed by atoms with van der Waals surface area (Å²) in [7, 11) is 2.05. The molecule has 0 aromatic heterocycles. The van der Waals surface area contributed by atoms with E-state index in [1.807, 2.05) is 18.2 Å². The van der Waals surface area contributed by atoms with Crippen molar-refractivity contribution < 1.29 is 14.7 Å². The molecule has 2 rings (SSSR count). The zero-order valence-electron chi connectivity index (χ0n) is 12.9. The molecule has 120 valence electrons. The first-order valence-electron chi connectivity index (χ1n) is 7.53. The number of aliphatic carboxylic acids is 1. The van der Waals surface area contributed by atoms with Gasteiger partial charge in [0.1, 0.15) is 0 Å². The van der Waals surface area contributed by atoms with Crippen LogP contribution < -0.4 is 5.32 Å². The van der Waals surface area contributed by atoms with Crippen LogP contribution in [0.25, 0.3) is 0 Å². The van der Waals surface area contributed by atoms with E-state index in [1.165, 1.54) is 0 Å². The van der Waals surface area contributed by atoms with Gasteiger partial charge in [0.05, 0.1) is 5.92 Å². The maximum atomic E-state index is 12.0. The molecule has 1 aliphatic heterocycles. The van der Waals surface area contributed by atoms with Gasteiger partial charge in [0, 0.05) is 44.8 Å². The highest BCUT2D eigenvalue weighted by atomic mass is 16.4. The number of amides is 1. The van der Waals surface area contributed by atoms with Gasteiger partial charge in [-0.15, -0.1) is 0 Å². The molecule has 2 N–H and O–H groups in total. The highest BCUT2D eigenvalue weighted by Gasteiger charge is 2.25. The van der Waals surface area contributed by atoms with Crippen molar-refractivity contribution in [2.24, 2.45) is 5.92 Å². The Bertz CT molecular complexity index is 499. The number of hydrogen-bond acceptors (Lipinski definition) is 4. The Morgan fingerprint density at radius 3 is 2.41 bits per heavy atom. The Labute approximate surface area is 130 Å². The van der Waals surface area contributed by atoms with E-state index < -0.39 is 11.9 Å². The highest BCUT2D eigenvalue weighted by Crippen LogP contribution is 2.12. The average molecular weight is 305 g/mol. The molecule has 0 saturated carbocycles. The first kappa shape index (κ1) is 16.5. The summed E-state index contributed by atoms with van der Waals surface area (Å²) >= 11 is 0. The van der Waals surface area contributed by atoms with Gasteiger partial charge in [-0.05, 0) is 19.2 Å². The summed E-state index contributed by atoms with van der Waals surface area (Å²) < 4.78 is 0. The highest BCUT2D eigenvalue weighted by molar-refractivity contribution is 5.93. The second kappa shape index (κ2) is 7.91. The Balaban J connectivity index is 1.86. The number of nitrogens with one attached hydrogen (secondary N) is 1. The summed E-state index contributed by atoms with van der Waals surface area (Å²) in [4.78, 5) is 27.8. The van der Waals surface area contributed by atoms with Crippen molar-refractivity contribution >= 4 is 17.6 Å². The summed E-state index contributed by atoms with van der Waals surface area (Å²) in [6, 6.07) is 9.09. The van der Waals surface area contributed by atoms with Crippen molar-refractivity contribution in [3.05, 3.63) is 30.3 Å². The van der Waals surface area contributed by atoms with Gasteiger partial charge in [0.25, 0.3) is 0 Å². The second-order valence-corrected chi connectivity index (χ2v) is 5.76. The second-order valence-electron chi connectivity index (χ2n) is 5.76. The predicted molar refractivity (Wildman–Crippen MR) is 84.8 cm³/mol. The minimum Gasteiger partial charge on any atom is -0.481 e. The van der Waals surface area contributed by atoms with Gasteiger partial charge in [0.2, 0.25) is 5.91 Å². The molecule has 1 heterocycles. The lowest BCUT2D eigenvalue weighted by Crippen LogP contribution is -2.47. The Morgan fingerprint density at radius 1 is 1.18 bits per heavy atom. The quantitative estimate of drug-likeness (QED) is 0.819. The van der Waals surface area contributed by atoms with E-state index in [9.17, 15) is 14.7 Å². The molecule has 1 aliphatic rings. The van der Waals surface area contributed by atoms with E-state index in [0.717, 1.165) is 26.2 Å². The lowest BCUT2D eigenvalue weighted by molar-refractivity contribution is -0.144. The number of carbonyl (C=O) groups is 2. The molecule has 1 amide bonds. The van der Waals surface area contributed by atoms with E-state index in [4.69, 9.17) is 0 Å². The number of carbonyl (C=O) groups excluding carboxylic acids is 1. The molecule has 1 aromatic carbocycles. The summed E-state index contributed by atoms with van der Waals surface area (Å²) in [6.45, 7) is 3.98. The summed E-state index contributed by atoms with van der Waals surface area (Å²) in [5.74, 6) is -1.85. The Kier molecular flexibility index (Phi) is 5.91. The summed E-state index contributed by atoms with van der Waals surface area (Å²) in [5.41, 5.74) is 0.691. The number of para-hydroxylation sites is 1. The number of nitrogens with zero attached hydrogens (tertiary/aromatic N) is 2. The van der Waals surface area contributed by atoms with E-state index in [-0.39, 0.29) is 12.3 Å². The molecule has 0 unspecified atom stereocenters. The van der Waals surface area contributed by atoms with Crippen LogP contribution in [0.4, 0.5) is 5.69 Å². The maximum absolute atomic E-state index is 12.0. The number of likely N-dealkylation sites (N-methyl/N-ethyl adjacent to an activating group) is 1. The van der Waals surface area contributed by atoms with E-state index in [1.54, 1.807) is 12.1 Å². The Morgan fingerprint density at radius 2 is 1.82 bits per heavy atom. The van der Waals surface area contributed by atoms with Crippen LogP contribution in [0.2, 0.25) is 0 Å². The fraction of sp³-hybridized carbons (Fsp3) is 0.500. The zero-order valence-corrected chi connectivity index (χ0v) is 12.9. The van der Waals surface area contributed by atoms with Crippen LogP contribution in [0.1, 0.15) is 6.42 Å². The number of piperazine rings is 1. The standard InChI is InChI=1S/C16H23N3O3/c1-18-7-9-19(10-8-18)12-13(16(21)22)11-15(20)17-14-5-3-2-4-6-14/h2-6,13H,7-12H2,1H3,(H,17,20)(H,21,22)/t13-/m0/s1. The van der Waals surface area contributed by atoms with Crippen LogP contribution in [0.3, 0.4) is 0 Å². The smallest absolute Gasteiger partial charge is 0.308 e. The van der Waals surface area contributed by atoms with Crippen LogP contribution in [0.5, 0.6) is 0 Å². The van der Waals surface area contributed by atoms with Crippen molar-refractivity contribution in [3.63, 3.8) is 0 Å². The fourth-order valence-corrected chi connectivity index (χ4v) is 2.53. The number of anilines is 1. The van der Waals surface area contributed by atoms with Gasteiger partial charge in [0.15, 0.2) is 0 Å². The van der Waals surface area contributed by atoms with Gasteiger partial charge in [-0.3, -0.25) is 14.5 Å². The van der Waals surface area contributed by atoms with Crippen LogP contribution in [0, 0.1) is 5.92 Å². The van der Waals surface area contributed by atoms with E-state index in [2.05, 4.69) is 22.2 Å². The number of carboxylic acid groups (broad SMARTS) is 1. The lowest BCUT2D eigenvalue weighted by atomic mass is 10.0. The molecule has 0 aliphatic carbocycles. The minimum atomic E-state index is -0.915. The molecule has 0 radical (unpaired) electrons. The van der Waals surface area contributed by atoms with E-state index >= 15 is 0 Å². The fourth-order valence-electron chi connectivity index (χ4n) is 2.53. The number of benzene rings is 1. The molecule has 0 spiro atoms. The number of hydrogen-bond donors (Lipinski definition) is 2. The van der Waals surface area contributed by atoms with Gasteiger partial charge < -0.3 is 15.3 Å². The topological polar surface area (TPSA) is 72.9 Å². The Hall–Kier alpha value is -1.92. The first-order chi connectivity index (χ1) is 10.5. The molecule has 1 aromatic rings. The predicted octanol–water partition coefficient (Wildman–Crippen LogP) is 0.963. The van der Waals surface area contributed by atoms with Gasteiger partial charge in [-0.2, -0.15) is 0 Å². The van der Waals surface area contributed by atoms with Gasteiger partial charge in [-0.1, -0.05) is 18.2 Å². The van der Waals surface area contributed by atoms with Crippen LogP contribution in [-0.4, -0.2) is 66.6 Å². The monoisotopic (exact) mass is 305 g/mol. The van der Waals surface area contributed by atoms with Gasteiger partial charge >= 0.3 is 5.97 Å². The lowest BCUT2D eigenvalue weighted by Gasteiger charge is -2.33. The molecule has 1 saturated heterocycles. The molecule has 1 atom stereocenters. The SMILES string of the molecule is CN1CCN(C[C@H](CC(=O)Nc2ccccc2)C(=O)O)CC1. The zero-order chi connectivity index (χ0) is 15.9. The molecule has 0 bridgehead atoms. The third-order valence-corrected chi connectivity index (χ3v) is 3.91. The third-order valence-electron chi connectivity index (χ3n) is 3.91. The molecule has 22 heavy (non-hydrogen) atoms. The molecular formula is C16H23N3O3. The minimum absolute atomic E-state index is 0.00341. The summed E-state index contributed by atoms with van der Waals surface area (Å²) in [5, 5.41) is 12.1. The number of rotatable bonds is 6. The molecular weight excluding hydrogens is 282 g/mol. The van der Waals surface area contributed by atoms with Crippen LogP contribution in [0.15, 0.2) is 30.3 Å². The average Bonchev–Trinajstić information content (AvgIpc) is 2.49.